The van der Waals surface area contributed by atoms with Gasteiger partial charge in [0.2, 0.25) is 0 Å². The molecule has 156 valence electrons. The van der Waals surface area contributed by atoms with Crippen LogP contribution in [0.4, 0.5) is 18.0 Å². The molecular weight excluding hydrogens is 421 g/mol. The summed E-state index contributed by atoms with van der Waals surface area (Å²) >= 11 is 0.734. The molecule has 0 spiro atoms. The van der Waals surface area contributed by atoms with Crippen molar-refractivity contribution in [1.29, 1.82) is 0 Å². The molecule has 30 heavy (non-hydrogen) atoms. The second-order valence-electron chi connectivity index (χ2n) is 6.05. The van der Waals surface area contributed by atoms with Crippen molar-refractivity contribution in [3.63, 3.8) is 0 Å². The number of nitrogens with one attached hydrogen (secondary N) is 1. The minimum atomic E-state index is -2.94. The van der Waals surface area contributed by atoms with Gasteiger partial charge in [-0.15, -0.1) is 0 Å². The molecule has 2 aromatic carbocycles. The number of ether oxygens (including phenoxy) is 1. The van der Waals surface area contributed by atoms with E-state index in [0.717, 1.165) is 22.7 Å². The normalized spacial score (nSPS) is 15.2. The average molecular weight is 436 g/mol. The number of imide groups is 1. The van der Waals surface area contributed by atoms with Crippen LogP contribution < -0.4 is 10.1 Å². The SMILES string of the molecule is O=C(NCCN1C(=O)S/C(=C/c2ccc(OC(F)F)cc2)C1=O)c1cccc(F)c1. The molecule has 0 atom stereocenters. The van der Waals surface area contributed by atoms with Crippen molar-refractivity contribution in [2.75, 3.05) is 13.1 Å². The van der Waals surface area contributed by atoms with Crippen LogP contribution in [-0.4, -0.2) is 41.7 Å². The van der Waals surface area contributed by atoms with Gasteiger partial charge in [-0.1, -0.05) is 18.2 Å². The first-order chi connectivity index (χ1) is 14.3. The number of amides is 3. The highest BCUT2D eigenvalue weighted by Gasteiger charge is 2.34. The van der Waals surface area contributed by atoms with Gasteiger partial charge < -0.3 is 10.1 Å². The van der Waals surface area contributed by atoms with E-state index in [-0.39, 0.29) is 29.3 Å². The molecule has 0 radical (unpaired) electrons. The number of carbonyl (C=O) groups is 3. The maximum Gasteiger partial charge on any atom is 0.387 e. The molecule has 0 unspecified atom stereocenters. The molecule has 1 N–H and O–H groups in total. The van der Waals surface area contributed by atoms with E-state index >= 15 is 0 Å². The lowest BCUT2D eigenvalue weighted by atomic mass is 10.2. The number of nitrogens with zero attached hydrogens (tertiary/aromatic N) is 1. The molecule has 0 bridgehead atoms. The molecule has 10 heteroatoms. The summed E-state index contributed by atoms with van der Waals surface area (Å²) in [6.45, 7) is -2.99. The molecule has 3 rings (SSSR count). The van der Waals surface area contributed by atoms with Crippen molar-refractivity contribution in [3.8, 4) is 5.75 Å². The van der Waals surface area contributed by atoms with Gasteiger partial charge in [0.15, 0.2) is 0 Å². The Hall–Kier alpha value is -3.27. The fraction of sp³-hybridized carbons (Fsp3) is 0.150. The first-order valence-electron chi connectivity index (χ1n) is 8.67. The van der Waals surface area contributed by atoms with Crippen LogP contribution >= 0.6 is 11.8 Å². The Kier molecular flexibility index (Phi) is 6.78. The second kappa shape index (κ2) is 9.49. The Balaban J connectivity index is 1.58. The molecule has 0 aromatic heterocycles. The second-order valence-corrected chi connectivity index (χ2v) is 7.04. The molecular formula is C20H15F3N2O4S. The molecule has 1 aliphatic rings. The zero-order valence-corrected chi connectivity index (χ0v) is 16.1. The number of halogens is 3. The molecule has 3 amide bonds. The lowest BCUT2D eigenvalue weighted by Gasteiger charge is -2.13. The van der Waals surface area contributed by atoms with Crippen LogP contribution in [0.1, 0.15) is 15.9 Å². The van der Waals surface area contributed by atoms with Gasteiger partial charge >= 0.3 is 6.61 Å². The van der Waals surface area contributed by atoms with Crippen molar-refractivity contribution < 1.29 is 32.3 Å². The lowest BCUT2D eigenvalue weighted by Crippen LogP contribution is -2.37. The van der Waals surface area contributed by atoms with Gasteiger partial charge in [0, 0.05) is 18.7 Å². The van der Waals surface area contributed by atoms with Crippen molar-refractivity contribution in [1.82, 2.24) is 10.2 Å². The standard InChI is InChI=1S/C20H15F3N2O4S/c21-14-3-1-2-13(11-14)17(26)24-8-9-25-18(27)16(30-20(25)28)10-12-4-6-15(7-5-12)29-19(22)23/h1-7,10-11,19H,8-9H2,(H,24,26)/b16-10+. The topological polar surface area (TPSA) is 75.7 Å². The Morgan fingerprint density at radius 3 is 2.57 bits per heavy atom. The molecule has 1 saturated heterocycles. The summed E-state index contributed by atoms with van der Waals surface area (Å²) in [5, 5.41) is 2.03. The summed E-state index contributed by atoms with van der Waals surface area (Å²) < 4.78 is 41.8. The molecule has 1 aliphatic heterocycles. The lowest BCUT2D eigenvalue weighted by molar-refractivity contribution is -0.122. The maximum atomic E-state index is 13.2. The summed E-state index contributed by atoms with van der Waals surface area (Å²) in [5.41, 5.74) is 0.657. The number of alkyl halides is 2. The molecule has 2 aromatic rings. The molecule has 6 nitrogen and oxygen atoms in total. The number of carbonyl (C=O) groups excluding carboxylic acids is 3. The van der Waals surface area contributed by atoms with E-state index in [1.165, 1.54) is 48.5 Å². The van der Waals surface area contributed by atoms with Crippen LogP contribution in [0.25, 0.3) is 6.08 Å². The van der Waals surface area contributed by atoms with Gasteiger partial charge in [0.25, 0.3) is 17.1 Å². The quantitative estimate of drug-likeness (QED) is 0.667. The highest BCUT2D eigenvalue weighted by molar-refractivity contribution is 8.18. The third kappa shape index (κ3) is 5.41. The van der Waals surface area contributed by atoms with Crippen LogP contribution in [0.2, 0.25) is 0 Å². The van der Waals surface area contributed by atoms with Gasteiger partial charge in [-0.25, -0.2) is 4.39 Å². The predicted octanol–water partition coefficient (Wildman–Crippen LogP) is 3.89. The first kappa shape index (κ1) is 21.4. The number of benzene rings is 2. The summed E-state index contributed by atoms with van der Waals surface area (Å²) in [4.78, 5) is 37.7. The largest absolute Gasteiger partial charge is 0.435 e. The van der Waals surface area contributed by atoms with Gasteiger partial charge in [-0.3, -0.25) is 19.3 Å². The van der Waals surface area contributed by atoms with Crippen LogP contribution in [0, 0.1) is 5.82 Å². The highest BCUT2D eigenvalue weighted by atomic mass is 32.2. The zero-order chi connectivity index (χ0) is 21.7. The Morgan fingerprint density at radius 1 is 1.17 bits per heavy atom. The maximum absolute atomic E-state index is 13.2. The average Bonchev–Trinajstić information content (AvgIpc) is 2.96. The third-order valence-electron chi connectivity index (χ3n) is 3.98. The van der Waals surface area contributed by atoms with Gasteiger partial charge in [-0.05, 0) is 53.7 Å². The Morgan fingerprint density at radius 2 is 1.90 bits per heavy atom. The summed E-state index contributed by atoms with van der Waals surface area (Å²) in [5.74, 6) is -1.63. The van der Waals surface area contributed by atoms with E-state index in [4.69, 9.17) is 0 Å². The van der Waals surface area contributed by atoms with Crippen molar-refractivity contribution in [3.05, 3.63) is 70.4 Å². The zero-order valence-electron chi connectivity index (χ0n) is 15.3. The Labute approximate surface area is 173 Å². The highest BCUT2D eigenvalue weighted by Crippen LogP contribution is 2.32. The van der Waals surface area contributed by atoms with E-state index in [9.17, 15) is 27.6 Å². The summed E-state index contributed by atoms with van der Waals surface area (Å²) in [6, 6.07) is 10.7. The molecule has 1 heterocycles. The minimum Gasteiger partial charge on any atom is -0.435 e. The smallest absolute Gasteiger partial charge is 0.387 e. The number of hydrogen-bond donors (Lipinski definition) is 1. The van der Waals surface area contributed by atoms with Crippen molar-refractivity contribution >= 4 is 34.9 Å². The van der Waals surface area contributed by atoms with Crippen LogP contribution in [0.15, 0.2) is 53.4 Å². The number of thioether (sulfide) groups is 1. The Bertz CT molecular complexity index is 996. The van der Waals surface area contributed by atoms with E-state index in [1.807, 2.05) is 0 Å². The third-order valence-corrected chi connectivity index (χ3v) is 4.89. The fourth-order valence-electron chi connectivity index (χ4n) is 2.60. The first-order valence-corrected chi connectivity index (χ1v) is 9.49. The molecule has 0 aliphatic carbocycles. The predicted molar refractivity (Wildman–Crippen MR) is 104 cm³/mol. The van der Waals surface area contributed by atoms with Crippen LogP contribution in [0.3, 0.4) is 0 Å². The van der Waals surface area contributed by atoms with E-state index in [2.05, 4.69) is 10.1 Å². The summed E-state index contributed by atoms with van der Waals surface area (Å²) in [6.07, 6.45) is 1.46. The van der Waals surface area contributed by atoms with Gasteiger partial charge in [0.1, 0.15) is 11.6 Å². The van der Waals surface area contributed by atoms with Gasteiger partial charge in [-0.2, -0.15) is 8.78 Å². The fourth-order valence-corrected chi connectivity index (χ4v) is 3.47. The van der Waals surface area contributed by atoms with E-state index in [1.54, 1.807) is 0 Å². The van der Waals surface area contributed by atoms with E-state index < -0.39 is 29.5 Å². The van der Waals surface area contributed by atoms with Crippen molar-refractivity contribution in [2.24, 2.45) is 0 Å². The molecule has 1 fully saturated rings. The van der Waals surface area contributed by atoms with Crippen LogP contribution in [-0.2, 0) is 4.79 Å². The number of hydrogen-bond acceptors (Lipinski definition) is 5. The monoisotopic (exact) mass is 436 g/mol. The minimum absolute atomic E-state index is 0.000328. The van der Waals surface area contributed by atoms with Gasteiger partial charge in [0.05, 0.1) is 4.91 Å². The van der Waals surface area contributed by atoms with Crippen molar-refractivity contribution in [2.45, 2.75) is 6.61 Å². The number of rotatable bonds is 7. The molecule has 0 saturated carbocycles. The summed E-state index contributed by atoms with van der Waals surface area (Å²) in [7, 11) is 0. The van der Waals surface area contributed by atoms with E-state index in [0.29, 0.717) is 5.56 Å². The van der Waals surface area contributed by atoms with Crippen LogP contribution in [0.5, 0.6) is 5.75 Å².